The minimum Gasteiger partial charge on any atom is -0.467 e. The normalized spacial score (nSPS) is 21.9. The lowest BCUT2D eigenvalue weighted by Crippen LogP contribution is -2.44. The van der Waals surface area contributed by atoms with Gasteiger partial charge in [0.2, 0.25) is 5.91 Å². The van der Waals surface area contributed by atoms with Gasteiger partial charge in [0.1, 0.15) is 11.6 Å². The minimum atomic E-state index is -0.663. The van der Waals surface area contributed by atoms with E-state index >= 15 is 0 Å². The fourth-order valence-electron chi connectivity index (χ4n) is 2.24. The molecular formula is C14H24N2O5. The first kappa shape index (κ1) is 17.3. The molecule has 0 aromatic heterocycles. The zero-order chi connectivity index (χ0) is 16.2. The molecule has 0 saturated carbocycles. The summed E-state index contributed by atoms with van der Waals surface area (Å²) in [4.78, 5) is 36.3. The fraction of sp³-hybridized carbons (Fsp3) is 0.786. The molecule has 120 valence electrons. The first-order valence-corrected chi connectivity index (χ1v) is 6.96. The average Bonchev–Trinajstić information content (AvgIpc) is 2.77. The fourth-order valence-corrected chi connectivity index (χ4v) is 2.24. The van der Waals surface area contributed by atoms with Crippen LogP contribution in [-0.4, -0.2) is 54.7 Å². The summed E-state index contributed by atoms with van der Waals surface area (Å²) in [6.07, 6.45) is -0.0881. The Kier molecular flexibility index (Phi) is 5.57. The van der Waals surface area contributed by atoms with Crippen LogP contribution in [0.5, 0.6) is 0 Å². The second-order valence-corrected chi connectivity index (χ2v) is 6.21. The summed E-state index contributed by atoms with van der Waals surface area (Å²) in [6, 6.07) is -0.663. The van der Waals surface area contributed by atoms with Crippen molar-refractivity contribution in [3.63, 3.8) is 0 Å². The van der Waals surface area contributed by atoms with Crippen LogP contribution in [0.2, 0.25) is 0 Å². The molecule has 0 aromatic carbocycles. The Bertz CT molecular complexity index is 416. The van der Waals surface area contributed by atoms with Gasteiger partial charge in [0.15, 0.2) is 0 Å². The Morgan fingerprint density at radius 2 is 1.90 bits per heavy atom. The summed E-state index contributed by atoms with van der Waals surface area (Å²) in [5.74, 6) is -0.600. The number of hydrogen-bond donors (Lipinski definition) is 1. The monoisotopic (exact) mass is 300 g/mol. The van der Waals surface area contributed by atoms with Crippen LogP contribution in [0.3, 0.4) is 0 Å². The molecule has 7 nitrogen and oxygen atoms in total. The third-order valence-corrected chi connectivity index (χ3v) is 3.13. The molecule has 0 aliphatic carbocycles. The maximum atomic E-state index is 12.2. The summed E-state index contributed by atoms with van der Waals surface area (Å²) in [6.45, 7) is 7.50. The highest BCUT2D eigenvalue weighted by Crippen LogP contribution is 2.26. The molecule has 1 aliphatic rings. The highest BCUT2D eigenvalue weighted by atomic mass is 16.6. The average molecular weight is 300 g/mol. The standard InChI is InChI=1S/C14H24N2O5/c1-9(17)15-7-10-6-11(12(18)20-5)16(8-10)13(19)21-14(2,3)4/h10-11H,6-8H2,1-5H3,(H,15,17)/t10-,11+/m1/s1. The van der Waals surface area contributed by atoms with Crippen molar-refractivity contribution < 1.29 is 23.9 Å². The van der Waals surface area contributed by atoms with Crippen molar-refractivity contribution in [2.75, 3.05) is 20.2 Å². The van der Waals surface area contributed by atoms with Crippen LogP contribution in [0.25, 0.3) is 0 Å². The Balaban J connectivity index is 2.75. The van der Waals surface area contributed by atoms with Gasteiger partial charge in [-0.05, 0) is 33.1 Å². The zero-order valence-electron chi connectivity index (χ0n) is 13.3. The summed E-state index contributed by atoms with van der Waals surface area (Å²) in [5, 5.41) is 2.70. The van der Waals surface area contributed by atoms with Gasteiger partial charge in [0.25, 0.3) is 0 Å². The number of ether oxygens (including phenoxy) is 2. The molecule has 7 heteroatoms. The molecule has 21 heavy (non-hydrogen) atoms. The number of likely N-dealkylation sites (tertiary alicyclic amines) is 1. The Hall–Kier alpha value is -1.79. The van der Waals surface area contributed by atoms with Crippen LogP contribution in [-0.2, 0) is 19.1 Å². The minimum absolute atomic E-state index is 0.00511. The molecule has 0 unspecified atom stereocenters. The zero-order valence-corrected chi connectivity index (χ0v) is 13.3. The van der Waals surface area contributed by atoms with Gasteiger partial charge in [0.05, 0.1) is 7.11 Å². The maximum absolute atomic E-state index is 12.2. The molecule has 1 saturated heterocycles. The molecule has 2 amide bonds. The highest BCUT2D eigenvalue weighted by Gasteiger charge is 2.42. The second kappa shape index (κ2) is 6.78. The lowest BCUT2D eigenvalue weighted by molar-refractivity contribution is -0.145. The van der Waals surface area contributed by atoms with E-state index in [0.29, 0.717) is 19.5 Å². The van der Waals surface area contributed by atoms with Crippen LogP contribution in [0.15, 0.2) is 0 Å². The van der Waals surface area contributed by atoms with Crippen LogP contribution in [0.4, 0.5) is 4.79 Å². The van der Waals surface area contributed by atoms with Gasteiger partial charge in [-0.2, -0.15) is 0 Å². The van der Waals surface area contributed by atoms with E-state index in [-0.39, 0.29) is 11.8 Å². The molecule has 0 aromatic rings. The summed E-state index contributed by atoms with van der Waals surface area (Å²) >= 11 is 0. The van der Waals surface area contributed by atoms with E-state index < -0.39 is 23.7 Å². The summed E-state index contributed by atoms with van der Waals surface area (Å²) in [7, 11) is 1.29. The van der Waals surface area contributed by atoms with E-state index in [1.807, 2.05) is 0 Å². The van der Waals surface area contributed by atoms with Gasteiger partial charge >= 0.3 is 12.1 Å². The van der Waals surface area contributed by atoms with Gasteiger partial charge in [-0.1, -0.05) is 0 Å². The van der Waals surface area contributed by atoms with E-state index in [2.05, 4.69) is 5.32 Å². The quantitative estimate of drug-likeness (QED) is 0.783. The van der Waals surface area contributed by atoms with Crippen molar-refractivity contribution >= 4 is 18.0 Å². The van der Waals surface area contributed by atoms with E-state index in [1.54, 1.807) is 20.8 Å². The molecule has 1 heterocycles. The summed E-state index contributed by atoms with van der Waals surface area (Å²) in [5.41, 5.74) is -0.631. The number of esters is 1. The molecule has 1 fully saturated rings. The van der Waals surface area contributed by atoms with Gasteiger partial charge in [-0.25, -0.2) is 9.59 Å². The first-order valence-electron chi connectivity index (χ1n) is 6.96. The van der Waals surface area contributed by atoms with E-state index in [4.69, 9.17) is 9.47 Å². The Labute approximate surface area is 124 Å². The van der Waals surface area contributed by atoms with Crippen LogP contribution in [0.1, 0.15) is 34.1 Å². The van der Waals surface area contributed by atoms with Crippen LogP contribution < -0.4 is 5.32 Å². The number of nitrogens with one attached hydrogen (secondary N) is 1. The van der Waals surface area contributed by atoms with E-state index in [1.165, 1.54) is 18.9 Å². The number of amides is 2. The molecule has 0 radical (unpaired) electrons. The Morgan fingerprint density at radius 1 is 1.29 bits per heavy atom. The number of rotatable bonds is 3. The van der Waals surface area contributed by atoms with Crippen LogP contribution >= 0.6 is 0 Å². The van der Waals surface area contributed by atoms with E-state index in [9.17, 15) is 14.4 Å². The van der Waals surface area contributed by atoms with Gasteiger partial charge in [-0.15, -0.1) is 0 Å². The van der Waals surface area contributed by atoms with Gasteiger partial charge < -0.3 is 14.8 Å². The molecule has 1 rings (SSSR count). The molecule has 0 spiro atoms. The highest BCUT2D eigenvalue weighted by molar-refractivity contribution is 5.82. The van der Waals surface area contributed by atoms with Crippen molar-refractivity contribution in [2.24, 2.45) is 5.92 Å². The smallest absolute Gasteiger partial charge is 0.411 e. The third kappa shape index (κ3) is 5.24. The number of nitrogens with zero attached hydrogens (tertiary/aromatic N) is 1. The number of carbonyl (C=O) groups excluding carboxylic acids is 3. The van der Waals surface area contributed by atoms with Crippen molar-refractivity contribution in [3.8, 4) is 0 Å². The number of methoxy groups -OCH3 is 1. The summed E-state index contributed by atoms with van der Waals surface area (Å²) < 4.78 is 10.1. The molecule has 1 aliphatic heterocycles. The van der Waals surface area contributed by atoms with Crippen LogP contribution in [0, 0.1) is 5.92 Å². The van der Waals surface area contributed by atoms with Gasteiger partial charge in [0, 0.05) is 20.0 Å². The topological polar surface area (TPSA) is 84.9 Å². The Morgan fingerprint density at radius 3 is 2.38 bits per heavy atom. The number of carbonyl (C=O) groups is 3. The lowest BCUT2D eigenvalue weighted by Gasteiger charge is -2.27. The lowest BCUT2D eigenvalue weighted by atomic mass is 10.1. The van der Waals surface area contributed by atoms with Crippen molar-refractivity contribution in [1.29, 1.82) is 0 Å². The third-order valence-electron chi connectivity index (χ3n) is 3.13. The second-order valence-electron chi connectivity index (χ2n) is 6.21. The number of hydrogen-bond acceptors (Lipinski definition) is 5. The van der Waals surface area contributed by atoms with Crippen molar-refractivity contribution in [1.82, 2.24) is 10.2 Å². The maximum Gasteiger partial charge on any atom is 0.411 e. The molecule has 0 bridgehead atoms. The largest absolute Gasteiger partial charge is 0.467 e. The molecule has 1 N–H and O–H groups in total. The first-order chi connectivity index (χ1) is 9.64. The SMILES string of the molecule is COC(=O)[C@@H]1C[C@H](CNC(C)=O)CN1C(=O)OC(C)(C)C. The predicted octanol–water partition coefficient (Wildman–Crippen LogP) is 0.921. The molecular weight excluding hydrogens is 276 g/mol. The van der Waals surface area contributed by atoms with Crippen molar-refractivity contribution in [3.05, 3.63) is 0 Å². The van der Waals surface area contributed by atoms with Gasteiger partial charge in [-0.3, -0.25) is 9.69 Å². The van der Waals surface area contributed by atoms with Crippen molar-refractivity contribution in [2.45, 2.75) is 45.8 Å². The van der Waals surface area contributed by atoms with E-state index in [0.717, 1.165) is 0 Å². The molecule has 2 atom stereocenters. The predicted molar refractivity (Wildman–Crippen MR) is 75.5 cm³/mol.